The first-order chi connectivity index (χ1) is 14.7. The molecule has 8 nitrogen and oxygen atoms in total. The van der Waals surface area contributed by atoms with Crippen molar-refractivity contribution in [3.63, 3.8) is 0 Å². The highest BCUT2D eigenvalue weighted by molar-refractivity contribution is 7.90. The maximum absolute atomic E-state index is 13.2. The van der Waals surface area contributed by atoms with E-state index in [1.165, 1.54) is 4.90 Å². The molecular formula is C22H25N3O5S. The number of carbonyl (C=O) groups excluding carboxylic acids is 1. The van der Waals surface area contributed by atoms with Gasteiger partial charge in [-0.25, -0.2) is 13.2 Å². The molecule has 9 heteroatoms. The summed E-state index contributed by atoms with van der Waals surface area (Å²) in [7, 11) is -3.26. The van der Waals surface area contributed by atoms with Crippen LogP contribution in [0.25, 0.3) is 11.3 Å². The molecule has 2 amide bonds. The number of amides is 2. The molecule has 0 spiro atoms. The molecule has 31 heavy (non-hydrogen) atoms. The third kappa shape index (κ3) is 4.71. The molecule has 0 atom stereocenters. The predicted molar refractivity (Wildman–Crippen MR) is 115 cm³/mol. The number of sulfone groups is 1. The second-order valence-corrected chi connectivity index (χ2v) is 10.2. The van der Waals surface area contributed by atoms with Crippen LogP contribution in [-0.2, 0) is 9.84 Å². The van der Waals surface area contributed by atoms with E-state index in [0.717, 1.165) is 24.7 Å². The molecule has 1 aliphatic heterocycles. The van der Waals surface area contributed by atoms with Crippen molar-refractivity contribution in [1.29, 1.82) is 0 Å². The third-order valence-corrected chi connectivity index (χ3v) is 7.02. The molecule has 0 radical (unpaired) electrons. The molecule has 1 saturated carbocycles. The van der Waals surface area contributed by atoms with Crippen molar-refractivity contribution < 1.29 is 23.1 Å². The number of rotatable bonds is 5. The van der Waals surface area contributed by atoms with Crippen molar-refractivity contribution in [2.45, 2.75) is 42.7 Å². The van der Waals surface area contributed by atoms with Crippen LogP contribution in [-0.4, -0.2) is 71.7 Å². The van der Waals surface area contributed by atoms with Gasteiger partial charge in [0.05, 0.1) is 16.2 Å². The molecule has 2 heterocycles. The summed E-state index contributed by atoms with van der Waals surface area (Å²) in [4.78, 5) is 32.4. The zero-order chi connectivity index (χ0) is 22.2. The smallest absolute Gasteiger partial charge is 0.407 e. The minimum atomic E-state index is -3.26. The fraction of sp³-hybridized carbons (Fsp3) is 0.409. The van der Waals surface area contributed by atoms with Gasteiger partial charge in [0.2, 0.25) is 0 Å². The van der Waals surface area contributed by atoms with Crippen LogP contribution in [0, 0.1) is 0 Å². The van der Waals surface area contributed by atoms with Gasteiger partial charge in [-0.2, -0.15) is 0 Å². The lowest BCUT2D eigenvalue weighted by Gasteiger charge is -2.38. The minimum absolute atomic E-state index is 0.0406. The Morgan fingerprint density at radius 3 is 2.10 bits per heavy atom. The maximum Gasteiger partial charge on any atom is 0.407 e. The van der Waals surface area contributed by atoms with Gasteiger partial charge in [0.25, 0.3) is 5.91 Å². The Balaban J connectivity index is 1.48. The number of piperidine rings is 1. The normalized spacial score (nSPS) is 17.4. The summed E-state index contributed by atoms with van der Waals surface area (Å²) in [5.74, 6) is -0.0669. The van der Waals surface area contributed by atoms with E-state index in [9.17, 15) is 18.0 Å². The average molecular weight is 444 g/mol. The zero-order valence-corrected chi connectivity index (χ0v) is 18.1. The molecule has 1 aliphatic carbocycles. The molecule has 2 aromatic rings. The highest BCUT2D eigenvalue weighted by Gasteiger charge is 2.39. The standard InChI is InChI=1S/C22H25N3O5S/c1-31(29,30)19-7-2-15(3-8-19)20-9-4-16(14-23-20)21(26)25(17-5-6-17)18-10-12-24(13-11-18)22(27)28/h2-4,7-9,14,17-18H,5-6,10-13H2,1H3,(H,27,28). The van der Waals surface area contributed by atoms with Crippen molar-refractivity contribution >= 4 is 21.8 Å². The fourth-order valence-electron chi connectivity index (χ4n) is 4.03. The molecule has 2 aliphatic rings. The lowest BCUT2D eigenvalue weighted by molar-refractivity contribution is 0.0551. The summed E-state index contributed by atoms with van der Waals surface area (Å²) in [5.41, 5.74) is 1.93. The summed E-state index contributed by atoms with van der Waals surface area (Å²) >= 11 is 0. The average Bonchev–Trinajstić information content (AvgIpc) is 3.59. The SMILES string of the molecule is CS(=O)(=O)c1ccc(-c2ccc(C(=O)N(C3CC3)C3CCN(C(=O)O)CC3)cn2)cc1. The van der Waals surface area contributed by atoms with Crippen molar-refractivity contribution in [3.05, 3.63) is 48.2 Å². The van der Waals surface area contributed by atoms with Crippen molar-refractivity contribution in [3.8, 4) is 11.3 Å². The first-order valence-electron chi connectivity index (χ1n) is 10.3. The van der Waals surface area contributed by atoms with Gasteiger partial charge in [0.15, 0.2) is 9.84 Å². The molecular weight excluding hydrogens is 418 g/mol. The van der Waals surface area contributed by atoms with Crippen LogP contribution in [0.15, 0.2) is 47.5 Å². The van der Waals surface area contributed by atoms with E-state index in [2.05, 4.69) is 4.98 Å². The molecule has 1 aromatic heterocycles. The lowest BCUT2D eigenvalue weighted by Crippen LogP contribution is -2.49. The maximum atomic E-state index is 13.2. The van der Waals surface area contributed by atoms with Crippen LogP contribution < -0.4 is 0 Å². The summed E-state index contributed by atoms with van der Waals surface area (Å²) in [6, 6.07) is 10.3. The van der Waals surface area contributed by atoms with Crippen LogP contribution in [0.3, 0.4) is 0 Å². The Bertz CT molecular complexity index is 1070. The Hall–Kier alpha value is -2.94. The van der Waals surface area contributed by atoms with Gasteiger partial charge in [-0.3, -0.25) is 9.78 Å². The molecule has 164 valence electrons. The first kappa shape index (κ1) is 21.3. The molecule has 1 aromatic carbocycles. The number of likely N-dealkylation sites (tertiary alicyclic amines) is 1. The number of nitrogens with zero attached hydrogens (tertiary/aromatic N) is 3. The van der Waals surface area contributed by atoms with Gasteiger partial charge in [0, 0.05) is 43.2 Å². The van der Waals surface area contributed by atoms with E-state index < -0.39 is 15.9 Å². The topological polar surface area (TPSA) is 108 Å². The van der Waals surface area contributed by atoms with Crippen molar-refractivity contribution in [2.75, 3.05) is 19.3 Å². The summed E-state index contributed by atoms with van der Waals surface area (Å²) in [6.07, 6.45) is 5.06. The van der Waals surface area contributed by atoms with Gasteiger partial charge >= 0.3 is 6.09 Å². The molecule has 1 N–H and O–H groups in total. The summed E-state index contributed by atoms with van der Waals surface area (Å²) < 4.78 is 23.2. The highest BCUT2D eigenvalue weighted by Crippen LogP contribution is 2.33. The van der Waals surface area contributed by atoms with E-state index in [4.69, 9.17) is 5.11 Å². The zero-order valence-electron chi connectivity index (χ0n) is 17.3. The molecule has 4 rings (SSSR count). The number of carbonyl (C=O) groups is 2. The minimum Gasteiger partial charge on any atom is -0.465 e. The highest BCUT2D eigenvalue weighted by atomic mass is 32.2. The van der Waals surface area contributed by atoms with Crippen molar-refractivity contribution in [1.82, 2.24) is 14.8 Å². The van der Waals surface area contributed by atoms with E-state index in [-0.39, 0.29) is 22.9 Å². The largest absolute Gasteiger partial charge is 0.465 e. The number of hydrogen-bond donors (Lipinski definition) is 1. The number of aromatic nitrogens is 1. The van der Waals surface area contributed by atoms with Crippen LogP contribution in [0.4, 0.5) is 4.79 Å². The Morgan fingerprint density at radius 1 is 1.00 bits per heavy atom. The Morgan fingerprint density at radius 2 is 1.61 bits per heavy atom. The number of carboxylic acid groups (broad SMARTS) is 1. The second-order valence-electron chi connectivity index (χ2n) is 8.17. The quantitative estimate of drug-likeness (QED) is 0.761. The molecule has 0 bridgehead atoms. The van der Waals surface area contributed by atoms with E-state index in [1.54, 1.807) is 42.6 Å². The Kier molecular flexibility index (Phi) is 5.70. The predicted octanol–water partition coefficient (Wildman–Crippen LogP) is 2.90. The lowest BCUT2D eigenvalue weighted by atomic mass is 10.0. The number of benzene rings is 1. The summed E-state index contributed by atoms with van der Waals surface area (Å²) in [5, 5.41) is 9.15. The Labute approximate surface area is 181 Å². The van der Waals surface area contributed by atoms with E-state index in [0.29, 0.717) is 37.2 Å². The molecule has 1 saturated heterocycles. The van der Waals surface area contributed by atoms with Gasteiger partial charge in [0.1, 0.15) is 0 Å². The number of hydrogen-bond acceptors (Lipinski definition) is 5. The van der Waals surface area contributed by atoms with Gasteiger partial charge in [-0.15, -0.1) is 0 Å². The molecule has 0 unspecified atom stereocenters. The van der Waals surface area contributed by atoms with Gasteiger partial charge in [-0.1, -0.05) is 12.1 Å². The van der Waals surface area contributed by atoms with Crippen LogP contribution in [0.1, 0.15) is 36.0 Å². The molecule has 2 fully saturated rings. The van der Waals surface area contributed by atoms with E-state index in [1.807, 2.05) is 4.90 Å². The fourth-order valence-corrected chi connectivity index (χ4v) is 4.66. The van der Waals surface area contributed by atoms with Gasteiger partial charge < -0.3 is 14.9 Å². The second kappa shape index (κ2) is 8.30. The van der Waals surface area contributed by atoms with E-state index >= 15 is 0 Å². The first-order valence-corrected chi connectivity index (χ1v) is 12.2. The number of pyridine rings is 1. The van der Waals surface area contributed by atoms with Crippen molar-refractivity contribution in [2.24, 2.45) is 0 Å². The third-order valence-electron chi connectivity index (χ3n) is 5.89. The van der Waals surface area contributed by atoms with Crippen LogP contribution in [0.5, 0.6) is 0 Å². The van der Waals surface area contributed by atoms with Crippen LogP contribution >= 0.6 is 0 Å². The van der Waals surface area contributed by atoms with Crippen LogP contribution in [0.2, 0.25) is 0 Å². The van der Waals surface area contributed by atoms with Gasteiger partial charge in [-0.05, 0) is 49.9 Å². The summed E-state index contributed by atoms with van der Waals surface area (Å²) in [6.45, 7) is 0.883. The monoisotopic (exact) mass is 443 g/mol.